The van der Waals surface area contributed by atoms with E-state index in [1.807, 2.05) is 0 Å². The lowest BCUT2D eigenvalue weighted by atomic mass is 9.98. The summed E-state index contributed by atoms with van der Waals surface area (Å²) in [5.41, 5.74) is 4.89. The van der Waals surface area contributed by atoms with Crippen LogP contribution in [0.5, 0.6) is 0 Å². The first-order valence-electron chi connectivity index (χ1n) is 7.57. The van der Waals surface area contributed by atoms with Gasteiger partial charge in [-0.25, -0.2) is 12.7 Å². The van der Waals surface area contributed by atoms with Gasteiger partial charge >= 0.3 is 6.18 Å². The van der Waals surface area contributed by atoms with Crippen LogP contribution in [0.25, 0.3) is 0 Å². The minimum Gasteiger partial charge on any atom is -0.327 e. The molecule has 0 radical (unpaired) electrons. The summed E-state index contributed by atoms with van der Waals surface area (Å²) in [7, 11) is -3.78. The van der Waals surface area contributed by atoms with Crippen LogP contribution in [0.2, 0.25) is 0 Å². The van der Waals surface area contributed by atoms with Crippen LogP contribution < -0.4 is 5.73 Å². The van der Waals surface area contributed by atoms with Gasteiger partial charge < -0.3 is 5.73 Å². The van der Waals surface area contributed by atoms with E-state index >= 15 is 0 Å². The molecule has 1 aliphatic carbocycles. The number of rotatable bonds is 3. The van der Waals surface area contributed by atoms with E-state index in [9.17, 15) is 21.6 Å². The van der Waals surface area contributed by atoms with Crippen LogP contribution in [0.1, 0.15) is 24.0 Å². The zero-order valence-corrected chi connectivity index (χ0v) is 13.3. The van der Waals surface area contributed by atoms with Gasteiger partial charge in [0.25, 0.3) is 0 Å². The summed E-state index contributed by atoms with van der Waals surface area (Å²) in [6.45, 7) is 0.692. The Hall–Kier alpha value is -1.12. The number of nitrogens with two attached hydrogens (primary N) is 1. The third-order valence-electron chi connectivity index (χ3n) is 4.93. The summed E-state index contributed by atoms with van der Waals surface area (Å²) in [6.07, 6.45) is -2.78. The molecule has 2 fully saturated rings. The van der Waals surface area contributed by atoms with E-state index < -0.39 is 27.5 Å². The average Bonchev–Trinajstić information content (AvgIpc) is 3.01. The van der Waals surface area contributed by atoms with Crippen LogP contribution in [0, 0.1) is 11.8 Å². The van der Waals surface area contributed by atoms with Crippen molar-refractivity contribution < 1.29 is 21.6 Å². The van der Waals surface area contributed by atoms with Crippen molar-refractivity contribution in [2.24, 2.45) is 17.6 Å². The third-order valence-corrected chi connectivity index (χ3v) is 6.69. The number of hydrogen-bond acceptors (Lipinski definition) is 3. The van der Waals surface area contributed by atoms with Gasteiger partial charge in [0.2, 0.25) is 10.0 Å². The van der Waals surface area contributed by atoms with Gasteiger partial charge in [-0.2, -0.15) is 13.2 Å². The first kappa shape index (κ1) is 16.7. The van der Waals surface area contributed by atoms with Gasteiger partial charge in [-0.15, -0.1) is 0 Å². The molecule has 8 heteroatoms. The zero-order chi connectivity index (χ0) is 16.8. The van der Waals surface area contributed by atoms with Crippen molar-refractivity contribution in [3.63, 3.8) is 0 Å². The quantitative estimate of drug-likeness (QED) is 0.911. The number of fused-ring (bicyclic) bond motifs is 1. The maximum absolute atomic E-state index is 13.0. The van der Waals surface area contributed by atoms with Crippen molar-refractivity contribution >= 4 is 10.0 Å². The molecule has 4 nitrogen and oxygen atoms in total. The van der Waals surface area contributed by atoms with Gasteiger partial charge in [0.15, 0.2) is 0 Å². The monoisotopic (exact) mass is 348 g/mol. The van der Waals surface area contributed by atoms with E-state index in [4.69, 9.17) is 5.73 Å². The molecule has 1 aromatic carbocycles. The van der Waals surface area contributed by atoms with Crippen molar-refractivity contribution in [3.05, 3.63) is 35.4 Å². The molecule has 0 amide bonds. The summed E-state index contributed by atoms with van der Waals surface area (Å²) >= 11 is 0. The molecule has 0 aromatic heterocycles. The predicted octanol–water partition coefficient (Wildman–Crippen LogP) is 2.20. The van der Waals surface area contributed by atoms with E-state index in [1.165, 1.54) is 22.5 Å². The van der Waals surface area contributed by atoms with Crippen molar-refractivity contribution in [2.45, 2.75) is 30.8 Å². The Morgan fingerprint density at radius 3 is 2.52 bits per heavy atom. The second-order valence-corrected chi connectivity index (χ2v) is 8.36. The molecular weight excluding hydrogens is 329 g/mol. The Kier molecular flexibility index (Phi) is 4.18. The normalized spacial score (nSPS) is 29.0. The fraction of sp³-hybridized carbons (Fsp3) is 0.600. The van der Waals surface area contributed by atoms with Gasteiger partial charge in [-0.3, -0.25) is 0 Å². The minimum absolute atomic E-state index is 0.0114. The average molecular weight is 348 g/mol. The number of halogens is 3. The molecule has 23 heavy (non-hydrogen) atoms. The van der Waals surface area contributed by atoms with Crippen LogP contribution in [0.15, 0.2) is 24.3 Å². The highest BCUT2D eigenvalue weighted by molar-refractivity contribution is 7.88. The fourth-order valence-corrected chi connectivity index (χ4v) is 5.35. The molecule has 1 saturated heterocycles. The van der Waals surface area contributed by atoms with Crippen LogP contribution in [-0.2, 0) is 22.0 Å². The summed E-state index contributed by atoms with van der Waals surface area (Å²) in [5, 5.41) is 0. The molecule has 3 unspecified atom stereocenters. The Morgan fingerprint density at radius 1 is 1.17 bits per heavy atom. The van der Waals surface area contributed by atoms with Gasteiger partial charge in [-0.1, -0.05) is 18.2 Å². The van der Waals surface area contributed by atoms with Crippen molar-refractivity contribution in [1.82, 2.24) is 4.31 Å². The van der Waals surface area contributed by atoms with Crippen molar-refractivity contribution in [1.29, 1.82) is 0 Å². The molecule has 1 aromatic rings. The molecular formula is C15H19F3N2O2S. The first-order valence-corrected chi connectivity index (χ1v) is 9.18. The van der Waals surface area contributed by atoms with Gasteiger partial charge in [0.1, 0.15) is 0 Å². The SMILES string of the molecule is NC1CCC2CN(S(=O)(=O)Cc3ccccc3C(F)(F)F)CC12. The van der Waals surface area contributed by atoms with Gasteiger partial charge in [-0.05, 0) is 36.3 Å². The van der Waals surface area contributed by atoms with Crippen LogP contribution in [-0.4, -0.2) is 31.9 Å². The lowest BCUT2D eigenvalue weighted by molar-refractivity contribution is -0.138. The Balaban J connectivity index is 1.81. The number of hydrogen-bond donors (Lipinski definition) is 1. The molecule has 0 spiro atoms. The molecule has 1 saturated carbocycles. The number of alkyl halides is 3. The lowest BCUT2D eigenvalue weighted by Gasteiger charge is -2.20. The van der Waals surface area contributed by atoms with Crippen molar-refractivity contribution in [2.75, 3.05) is 13.1 Å². The van der Waals surface area contributed by atoms with Crippen molar-refractivity contribution in [3.8, 4) is 0 Å². The summed E-state index contributed by atoms with van der Waals surface area (Å²) in [4.78, 5) is 0. The zero-order valence-electron chi connectivity index (χ0n) is 12.5. The Labute approximate surface area is 133 Å². The van der Waals surface area contributed by atoms with Crippen LogP contribution >= 0.6 is 0 Å². The largest absolute Gasteiger partial charge is 0.416 e. The lowest BCUT2D eigenvalue weighted by Crippen LogP contribution is -2.34. The van der Waals surface area contributed by atoms with Gasteiger partial charge in [0.05, 0.1) is 11.3 Å². The molecule has 3 rings (SSSR count). The first-order chi connectivity index (χ1) is 10.7. The van der Waals surface area contributed by atoms with Gasteiger partial charge in [0, 0.05) is 19.1 Å². The predicted molar refractivity (Wildman–Crippen MR) is 79.8 cm³/mol. The van der Waals surface area contributed by atoms with E-state index in [-0.39, 0.29) is 23.4 Å². The Morgan fingerprint density at radius 2 is 1.87 bits per heavy atom. The molecule has 1 heterocycles. The molecule has 128 valence electrons. The minimum atomic E-state index is -4.56. The van der Waals surface area contributed by atoms with E-state index in [0.29, 0.717) is 13.1 Å². The summed E-state index contributed by atoms with van der Waals surface area (Å²) in [5.74, 6) is -0.266. The molecule has 3 atom stereocenters. The second kappa shape index (κ2) is 5.75. The summed E-state index contributed by atoms with van der Waals surface area (Å²) in [6, 6.07) is 4.82. The topological polar surface area (TPSA) is 63.4 Å². The van der Waals surface area contributed by atoms with E-state index in [1.54, 1.807) is 0 Å². The summed E-state index contributed by atoms with van der Waals surface area (Å²) < 4.78 is 65.4. The van der Waals surface area contributed by atoms with Crippen LogP contribution in [0.4, 0.5) is 13.2 Å². The molecule has 2 N–H and O–H groups in total. The molecule has 1 aliphatic heterocycles. The fourth-order valence-electron chi connectivity index (χ4n) is 3.70. The molecule has 0 bridgehead atoms. The maximum atomic E-state index is 13.0. The smallest absolute Gasteiger partial charge is 0.327 e. The number of sulfonamides is 1. The number of benzene rings is 1. The second-order valence-electron chi connectivity index (χ2n) is 6.39. The third kappa shape index (κ3) is 3.25. The van der Waals surface area contributed by atoms with E-state index in [2.05, 4.69) is 0 Å². The number of nitrogens with zero attached hydrogens (tertiary/aromatic N) is 1. The standard InChI is InChI=1S/C15H19F3N2O2S/c16-15(17,18)13-4-2-1-3-11(13)9-23(21,22)20-7-10-5-6-14(19)12(10)8-20/h1-4,10,12,14H,5-9,19H2. The van der Waals surface area contributed by atoms with Crippen LogP contribution in [0.3, 0.4) is 0 Å². The highest BCUT2D eigenvalue weighted by atomic mass is 32.2. The highest BCUT2D eigenvalue weighted by Gasteiger charge is 2.45. The molecule has 2 aliphatic rings. The Bertz CT molecular complexity index is 690. The highest BCUT2D eigenvalue weighted by Crippen LogP contribution is 2.39. The van der Waals surface area contributed by atoms with E-state index in [0.717, 1.165) is 18.9 Å². The maximum Gasteiger partial charge on any atom is 0.416 e.